The first-order valence-electron chi connectivity index (χ1n) is 4.97. The summed E-state index contributed by atoms with van der Waals surface area (Å²) in [5, 5.41) is 29.7. The minimum atomic E-state index is -0.396. The lowest BCUT2D eigenvalue weighted by atomic mass is 10.1. The molecule has 1 atom stereocenters. The van der Waals surface area contributed by atoms with E-state index in [1.54, 1.807) is 6.92 Å². The maximum absolute atomic E-state index is 11.6. The molecule has 0 heterocycles. The molecule has 0 radical (unpaired) electrons. The molecule has 0 aliphatic carbocycles. The van der Waals surface area contributed by atoms with Crippen LogP contribution in [0.25, 0.3) is 0 Å². The zero-order valence-electron chi connectivity index (χ0n) is 8.97. The minimum Gasteiger partial charge on any atom is -0.508 e. The first-order chi connectivity index (χ1) is 7.52. The number of aromatic hydroxyl groups is 2. The molecule has 4 N–H and O–H groups in total. The molecule has 5 heteroatoms. The van der Waals surface area contributed by atoms with E-state index in [2.05, 4.69) is 5.32 Å². The standard InChI is InChI=1S/C11H15NO4/c1-7(2-3-13)12-11(16)8-4-9(14)6-10(15)5-8/h4-7,13-15H,2-3H2,1H3,(H,12,16). The van der Waals surface area contributed by atoms with Crippen LogP contribution in [-0.4, -0.2) is 33.9 Å². The van der Waals surface area contributed by atoms with Crippen molar-refractivity contribution in [1.29, 1.82) is 0 Å². The summed E-state index contributed by atoms with van der Waals surface area (Å²) in [6.45, 7) is 1.75. The van der Waals surface area contributed by atoms with Crippen molar-refractivity contribution in [3.63, 3.8) is 0 Å². The number of carbonyl (C=O) groups excluding carboxylic acids is 1. The third kappa shape index (κ3) is 3.43. The quantitative estimate of drug-likeness (QED) is 0.604. The van der Waals surface area contributed by atoms with Crippen molar-refractivity contribution in [3.05, 3.63) is 23.8 Å². The van der Waals surface area contributed by atoms with Gasteiger partial charge in [-0.1, -0.05) is 0 Å². The molecule has 0 aliphatic heterocycles. The Morgan fingerprint density at radius 1 is 1.31 bits per heavy atom. The molecule has 5 nitrogen and oxygen atoms in total. The Balaban J connectivity index is 2.72. The number of rotatable bonds is 4. The molecule has 1 rings (SSSR count). The maximum Gasteiger partial charge on any atom is 0.251 e. The number of carbonyl (C=O) groups is 1. The average Bonchev–Trinajstić information content (AvgIpc) is 2.16. The smallest absolute Gasteiger partial charge is 0.251 e. The van der Waals surface area contributed by atoms with Gasteiger partial charge >= 0.3 is 0 Å². The van der Waals surface area contributed by atoms with Gasteiger partial charge in [0.15, 0.2) is 0 Å². The second-order valence-electron chi connectivity index (χ2n) is 3.62. The number of phenolic OH excluding ortho intramolecular Hbond substituents is 2. The molecule has 16 heavy (non-hydrogen) atoms. The monoisotopic (exact) mass is 225 g/mol. The molecule has 0 aliphatic rings. The summed E-state index contributed by atoms with van der Waals surface area (Å²) in [6, 6.07) is 3.51. The predicted molar refractivity (Wildman–Crippen MR) is 58.4 cm³/mol. The number of hydrogen-bond donors (Lipinski definition) is 4. The van der Waals surface area contributed by atoms with E-state index >= 15 is 0 Å². The number of phenols is 2. The number of amides is 1. The molecule has 0 saturated carbocycles. The summed E-state index contributed by atoms with van der Waals surface area (Å²) < 4.78 is 0. The summed E-state index contributed by atoms with van der Waals surface area (Å²) in [6.07, 6.45) is 0.455. The lowest BCUT2D eigenvalue weighted by molar-refractivity contribution is 0.0933. The topological polar surface area (TPSA) is 89.8 Å². The summed E-state index contributed by atoms with van der Waals surface area (Å²) in [4.78, 5) is 11.6. The van der Waals surface area contributed by atoms with Gasteiger partial charge in [-0.05, 0) is 25.5 Å². The van der Waals surface area contributed by atoms with Gasteiger partial charge < -0.3 is 20.6 Å². The van der Waals surface area contributed by atoms with Gasteiger partial charge in [0.1, 0.15) is 11.5 Å². The van der Waals surface area contributed by atoms with E-state index in [9.17, 15) is 15.0 Å². The SMILES string of the molecule is CC(CCO)NC(=O)c1cc(O)cc(O)c1. The Labute approximate surface area is 93.4 Å². The van der Waals surface area contributed by atoms with E-state index in [0.717, 1.165) is 6.07 Å². The van der Waals surface area contributed by atoms with Gasteiger partial charge in [0.2, 0.25) is 0 Å². The lowest BCUT2D eigenvalue weighted by Gasteiger charge is -2.12. The minimum absolute atomic E-state index is 0.00721. The van der Waals surface area contributed by atoms with Crippen LogP contribution in [0, 0.1) is 0 Å². The van der Waals surface area contributed by atoms with Gasteiger partial charge in [-0.15, -0.1) is 0 Å². The van der Waals surface area contributed by atoms with E-state index in [0.29, 0.717) is 6.42 Å². The molecule has 0 saturated heterocycles. The molecule has 88 valence electrons. The lowest BCUT2D eigenvalue weighted by Crippen LogP contribution is -2.33. The van der Waals surface area contributed by atoms with Crippen molar-refractivity contribution in [1.82, 2.24) is 5.32 Å². The van der Waals surface area contributed by atoms with Crippen molar-refractivity contribution in [2.75, 3.05) is 6.61 Å². The van der Waals surface area contributed by atoms with Crippen molar-refractivity contribution in [3.8, 4) is 11.5 Å². The van der Waals surface area contributed by atoms with Crippen molar-refractivity contribution >= 4 is 5.91 Å². The highest BCUT2D eigenvalue weighted by Crippen LogP contribution is 2.20. The number of benzene rings is 1. The van der Waals surface area contributed by atoms with Crippen molar-refractivity contribution < 1.29 is 20.1 Å². The molecular formula is C11H15NO4. The number of nitrogens with one attached hydrogen (secondary N) is 1. The molecule has 1 aromatic carbocycles. The van der Waals surface area contributed by atoms with E-state index in [-0.39, 0.29) is 29.7 Å². The third-order valence-corrected chi connectivity index (χ3v) is 2.10. The van der Waals surface area contributed by atoms with Crippen LogP contribution in [0.4, 0.5) is 0 Å². The first kappa shape index (κ1) is 12.3. The number of aliphatic hydroxyl groups excluding tert-OH is 1. The zero-order chi connectivity index (χ0) is 12.1. The summed E-state index contributed by atoms with van der Waals surface area (Å²) in [5.74, 6) is -0.730. The fourth-order valence-electron chi connectivity index (χ4n) is 1.30. The third-order valence-electron chi connectivity index (χ3n) is 2.10. The van der Waals surface area contributed by atoms with E-state index in [1.165, 1.54) is 12.1 Å². The molecule has 0 aromatic heterocycles. The second-order valence-corrected chi connectivity index (χ2v) is 3.62. The van der Waals surface area contributed by atoms with Gasteiger partial charge in [0.25, 0.3) is 5.91 Å². The van der Waals surface area contributed by atoms with Crippen LogP contribution in [0.3, 0.4) is 0 Å². The molecule has 1 unspecified atom stereocenters. The van der Waals surface area contributed by atoms with E-state index < -0.39 is 5.91 Å². The average molecular weight is 225 g/mol. The predicted octanol–water partition coefficient (Wildman–Crippen LogP) is 0.599. The molecule has 0 spiro atoms. The van der Waals surface area contributed by atoms with Crippen molar-refractivity contribution in [2.45, 2.75) is 19.4 Å². The Hall–Kier alpha value is -1.75. The van der Waals surface area contributed by atoms with Gasteiger partial charge in [0, 0.05) is 24.3 Å². The highest BCUT2D eigenvalue weighted by Gasteiger charge is 2.11. The van der Waals surface area contributed by atoms with Crippen molar-refractivity contribution in [2.24, 2.45) is 0 Å². The molecule has 1 aromatic rings. The molecule has 1 amide bonds. The van der Waals surface area contributed by atoms with Crippen LogP contribution in [-0.2, 0) is 0 Å². The Morgan fingerprint density at radius 2 is 1.88 bits per heavy atom. The van der Waals surface area contributed by atoms with Crippen LogP contribution < -0.4 is 5.32 Å². The summed E-state index contributed by atoms with van der Waals surface area (Å²) >= 11 is 0. The van der Waals surface area contributed by atoms with Gasteiger partial charge in [-0.25, -0.2) is 0 Å². The Morgan fingerprint density at radius 3 is 2.38 bits per heavy atom. The summed E-state index contributed by atoms with van der Waals surface area (Å²) in [5.41, 5.74) is 0.183. The van der Waals surface area contributed by atoms with Crippen LogP contribution in [0.5, 0.6) is 11.5 Å². The van der Waals surface area contributed by atoms with Gasteiger partial charge in [-0.2, -0.15) is 0 Å². The van der Waals surface area contributed by atoms with Gasteiger partial charge in [-0.3, -0.25) is 4.79 Å². The molecule has 0 bridgehead atoms. The number of hydrogen-bond acceptors (Lipinski definition) is 4. The fraction of sp³-hybridized carbons (Fsp3) is 0.364. The van der Waals surface area contributed by atoms with Crippen LogP contribution in [0.1, 0.15) is 23.7 Å². The highest BCUT2D eigenvalue weighted by molar-refractivity contribution is 5.95. The summed E-state index contributed by atoms with van der Waals surface area (Å²) in [7, 11) is 0. The van der Waals surface area contributed by atoms with E-state index in [1.807, 2.05) is 0 Å². The second kappa shape index (κ2) is 5.37. The Bertz CT molecular complexity index is 358. The maximum atomic E-state index is 11.6. The molecule has 0 fully saturated rings. The molecular weight excluding hydrogens is 210 g/mol. The van der Waals surface area contributed by atoms with Gasteiger partial charge in [0.05, 0.1) is 0 Å². The Kier molecular flexibility index (Phi) is 4.13. The fourth-order valence-corrected chi connectivity index (χ4v) is 1.30. The highest BCUT2D eigenvalue weighted by atomic mass is 16.3. The first-order valence-corrected chi connectivity index (χ1v) is 4.97. The van der Waals surface area contributed by atoms with Crippen LogP contribution >= 0.6 is 0 Å². The normalized spacial score (nSPS) is 12.1. The largest absolute Gasteiger partial charge is 0.508 e. The van der Waals surface area contributed by atoms with Crippen LogP contribution in [0.2, 0.25) is 0 Å². The van der Waals surface area contributed by atoms with Crippen LogP contribution in [0.15, 0.2) is 18.2 Å². The van der Waals surface area contributed by atoms with E-state index in [4.69, 9.17) is 5.11 Å². The zero-order valence-corrected chi connectivity index (χ0v) is 8.97. The number of aliphatic hydroxyl groups is 1.